The molecule has 2 amide bonds. The summed E-state index contributed by atoms with van der Waals surface area (Å²) in [6.07, 6.45) is 2.71. The van der Waals surface area contributed by atoms with E-state index in [9.17, 15) is 9.59 Å². The number of hydrogen-bond acceptors (Lipinski definition) is 7. The second-order valence-corrected chi connectivity index (χ2v) is 7.51. The van der Waals surface area contributed by atoms with Gasteiger partial charge in [0.15, 0.2) is 10.8 Å². The summed E-state index contributed by atoms with van der Waals surface area (Å²) in [5, 5.41) is 5.58. The van der Waals surface area contributed by atoms with Crippen LogP contribution in [0.4, 0.5) is 0 Å². The molecule has 0 saturated carbocycles. The summed E-state index contributed by atoms with van der Waals surface area (Å²) in [4.78, 5) is 32.9. The van der Waals surface area contributed by atoms with Crippen LogP contribution in [-0.2, 0) is 20.7 Å². The molecule has 1 fully saturated rings. The number of amides is 2. The van der Waals surface area contributed by atoms with Gasteiger partial charge in [-0.15, -0.1) is 11.3 Å². The maximum Gasteiger partial charge on any atom is 0.234 e. The summed E-state index contributed by atoms with van der Waals surface area (Å²) in [5.41, 5.74) is 0.763. The second kappa shape index (κ2) is 10.4. The van der Waals surface area contributed by atoms with Crippen molar-refractivity contribution >= 4 is 23.2 Å². The van der Waals surface area contributed by atoms with Crippen molar-refractivity contribution < 1.29 is 18.7 Å². The van der Waals surface area contributed by atoms with Crippen molar-refractivity contribution in [3.63, 3.8) is 0 Å². The Morgan fingerprint density at radius 3 is 2.86 bits per heavy atom. The summed E-state index contributed by atoms with van der Waals surface area (Å²) >= 11 is 1.48. The van der Waals surface area contributed by atoms with E-state index in [-0.39, 0.29) is 18.2 Å². The second-order valence-electron chi connectivity index (χ2n) is 6.65. The number of methoxy groups -OCH3 is 1. The van der Waals surface area contributed by atoms with Gasteiger partial charge in [0.25, 0.3) is 0 Å². The highest BCUT2D eigenvalue weighted by atomic mass is 32.1. The van der Waals surface area contributed by atoms with Crippen LogP contribution in [0.5, 0.6) is 0 Å². The summed E-state index contributed by atoms with van der Waals surface area (Å²) in [5.74, 6) is 0.807. The third-order valence-corrected chi connectivity index (χ3v) is 5.46. The van der Waals surface area contributed by atoms with Gasteiger partial charge in [0.1, 0.15) is 0 Å². The number of rotatable bonds is 9. The minimum atomic E-state index is 0.0174. The van der Waals surface area contributed by atoms with Crippen molar-refractivity contribution in [2.75, 3.05) is 53.0 Å². The molecule has 0 radical (unpaired) electrons. The van der Waals surface area contributed by atoms with Crippen molar-refractivity contribution in [3.05, 3.63) is 29.5 Å². The number of ether oxygens (including phenoxy) is 1. The quantitative estimate of drug-likeness (QED) is 0.631. The van der Waals surface area contributed by atoms with E-state index < -0.39 is 0 Å². The van der Waals surface area contributed by atoms with Gasteiger partial charge >= 0.3 is 0 Å². The van der Waals surface area contributed by atoms with E-state index in [4.69, 9.17) is 9.15 Å². The molecule has 1 aliphatic rings. The SMILES string of the molecule is COCCCNC(=O)CN1CCN(C(=O)Cc2csc(-c3ccco3)n2)CC1. The predicted octanol–water partition coefficient (Wildman–Crippen LogP) is 1.24. The zero-order valence-corrected chi connectivity index (χ0v) is 16.9. The number of hydrogen-bond donors (Lipinski definition) is 1. The zero-order valence-electron chi connectivity index (χ0n) is 16.1. The third kappa shape index (κ3) is 5.88. The minimum Gasteiger partial charge on any atom is -0.462 e. The Labute approximate surface area is 168 Å². The van der Waals surface area contributed by atoms with Gasteiger partial charge in [-0.1, -0.05) is 0 Å². The van der Waals surface area contributed by atoms with E-state index in [1.165, 1.54) is 11.3 Å². The largest absolute Gasteiger partial charge is 0.462 e. The van der Waals surface area contributed by atoms with Gasteiger partial charge in [-0.05, 0) is 18.6 Å². The normalized spacial score (nSPS) is 15.0. The van der Waals surface area contributed by atoms with Crippen LogP contribution in [0.15, 0.2) is 28.2 Å². The first kappa shape index (κ1) is 20.5. The average molecular weight is 407 g/mol. The van der Waals surface area contributed by atoms with E-state index in [0.29, 0.717) is 45.9 Å². The molecule has 2 aromatic rings. The van der Waals surface area contributed by atoms with Crippen LogP contribution in [-0.4, -0.2) is 79.6 Å². The fourth-order valence-electron chi connectivity index (χ4n) is 3.03. The topological polar surface area (TPSA) is 87.9 Å². The summed E-state index contributed by atoms with van der Waals surface area (Å²) < 4.78 is 10.3. The molecule has 1 N–H and O–H groups in total. The summed E-state index contributed by atoms with van der Waals surface area (Å²) in [6, 6.07) is 3.68. The van der Waals surface area contributed by atoms with Crippen molar-refractivity contribution in [1.82, 2.24) is 20.1 Å². The van der Waals surface area contributed by atoms with E-state index in [2.05, 4.69) is 15.2 Å². The highest BCUT2D eigenvalue weighted by molar-refractivity contribution is 7.13. The molecule has 28 heavy (non-hydrogen) atoms. The maximum atomic E-state index is 12.6. The average Bonchev–Trinajstić information content (AvgIpc) is 3.37. The number of nitrogens with one attached hydrogen (secondary N) is 1. The fourth-order valence-corrected chi connectivity index (χ4v) is 3.81. The Balaban J connectivity index is 1.38. The molecule has 1 saturated heterocycles. The Morgan fingerprint density at radius 2 is 2.14 bits per heavy atom. The van der Waals surface area contributed by atoms with Crippen LogP contribution in [0, 0.1) is 0 Å². The van der Waals surface area contributed by atoms with Gasteiger partial charge < -0.3 is 19.4 Å². The number of thiazole rings is 1. The standard InChI is InChI=1S/C19H26N4O4S/c1-26-10-3-5-20-17(24)13-22-6-8-23(9-7-22)18(25)12-15-14-28-19(21-15)16-4-2-11-27-16/h2,4,11,14H,3,5-10,12-13H2,1H3,(H,20,24). The monoisotopic (exact) mass is 406 g/mol. The molecule has 1 aliphatic heterocycles. The first-order valence-corrected chi connectivity index (χ1v) is 10.3. The van der Waals surface area contributed by atoms with Gasteiger partial charge in [0, 0.05) is 51.8 Å². The van der Waals surface area contributed by atoms with Gasteiger partial charge in [-0.3, -0.25) is 14.5 Å². The molecule has 3 rings (SSSR count). The highest BCUT2D eigenvalue weighted by Crippen LogP contribution is 2.24. The number of piperazine rings is 1. The lowest BCUT2D eigenvalue weighted by molar-refractivity contribution is -0.132. The number of carbonyl (C=O) groups excluding carboxylic acids is 2. The van der Waals surface area contributed by atoms with Gasteiger partial charge in [0.05, 0.1) is 24.9 Å². The maximum absolute atomic E-state index is 12.6. The van der Waals surface area contributed by atoms with E-state index in [0.717, 1.165) is 22.9 Å². The fraction of sp³-hybridized carbons (Fsp3) is 0.526. The molecule has 2 aromatic heterocycles. The van der Waals surface area contributed by atoms with Crippen molar-refractivity contribution in [3.8, 4) is 10.8 Å². The molecule has 0 aliphatic carbocycles. The van der Waals surface area contributed by atoms with Crippen LogP contribution in [0.2, 0.25) is 0 Å². The molecule has 0 bridgehead atoms. The number of furan rings is 1. The molecule has 152 valence electrons. The summed E-state index contributed by atoms with van der Waals surface area (Å²) in [7, 11) is 1.65. The summed E-state index contributed by atoms with van der Waals surface area (Å²) in [6.45, 7) is 4.29. The van der Waals surface area contributed by atoms with Gasteiger partial charge in [-0.25, -0.2) is 4.98 Å². The lowest BCUT2D eigenvalue weighted by Crippen LogP contribution is -2.51. The Bertz CT molecular complexity index is 754. The van der Waals surface area contributed by atoms with Crippen molar-refractivity contribution in [1.29, 1.82) is 0 Å². The lowest BCUT2D eigenvalue weighted by atomic mass is 10.2. The van der Waals surface area contributed by atoms with Crippen LogP contribution in [0.3, 0.4) is 0 Å². The van der Waals surface area contributed by atoms with E-state index in [1.807, 2.05) is 22.4 Å². The van der Waals surface area contributed by atoms with Crippen molar-refractivity contribution in [2.24, 2.45) is 0 Å². The Morgan fingerprint density at radius 1 is 1.32 bits per heavy atom. The number of nitrogens with zero attached hydrogens (tertiary/aromatic N) is 3. The van der Waals surface area contributed by atoms with Crippen LogP contribution >= 0.6 is 11.3 Å². The predicted molar refractivity (Wildman–Crippen MR) is 106 cm³/mol. The lowest BCUT2D eigenvalue weighted by Gasteiger charge is -2.34. The zero-order chi connectivity index (χ0) is 19.8. The van der Waals surface area contributed by atoms with E-state index in [1.54, 1.807) is 13.4 Å². The molecule has 8 nitrogen and oxygen atoms in total. The molecular weight excluding hydrogens is 380 g/mol. The molecule has 0 unspecified atom stereocenters. The van der Waals surface area contributed by atoms with E-state index >= 15 is 0 Å². The first-order valence-electron chi connectivity index (χ1n) is 9.40. The van der Waals surface area contributed by atoms with Crippen LogP contribution < -0.4 is 5.32 Å². The molecule has 3 heterocycles. The number of aromatic nitrogens is 1. The molecule has 0 atom stereocenters. The Hall–Kier alpha value is -2.23. The van der Waals surface area contributed by atoms with Crippen molar-refractivity contribution in [2.45, 2.75) is 12.8 Å². The molecule has 0 aromatic carbocycles. The van der Waals surface area contributed by atoms with Crippen LogP contribution in [0.1, 0.15) is 12.1 Å². The highest BCUT2D eigenvalue weighted by Gasteiger charge is 2.23. The molecule has 9 heteroatoms. The smallest absolute Gasteiger partial charge is 0.234 e. The Kier molecular flexibility index (Phi) is 7.58. The van der Waals surface area contributed by atoms with Gasteiger partial charge in [-0.2, -0.15) is 0 Å². The minimum absolute atomic E-state index is 0.0174. The van der Waals surface area contributed by atoms with Crippen LogP contribution in [0.25, 0.3) is 10.8 Å². The molecular formula is C19H26N4O4S. The first-order chi connectivity index (χ1) is 13.7. The molecule has 0 spiro atoms. The third-order valence-electron chi connectivity index (χ3n) is 4.56. The number of carbonyl (C=O) groups is 2. The van der Waals surface area contributed by atoms with Gasteiger partial charge in [0.2, 0.25) is 11.8 Å².